The Labute approximate surface area is 846 Å². The number of hydrogen-bond acceptors (Lipinski definition) is 29. The Morgan fingerprint density at radius 1 is 0.356 bits per heavy atom. The van der Waals surface area contributed by atoms with E-state index in [9.17, 15) is 63.7 Å². The van der Waals surface area contributed by atoms with Crippen LogP contribution in [0.5, 0.6) is 0 Å². The molecule has 29 nitrogen and oxygen atoms in total. The molecule has 24 rings (SSSR count). The number of fused-ring (bicyclic) bond motifs is 20. The molecular formula is C110H99F10N21O8. The molecule has 0 saturated heterocycles. The van der Waals surface area contributed by atoms with Crippen LogP contribution in [-0.2, 0) is 31.2 Å². The van der Waals surface area contributed by atoms with E-state index in [4.69, 9.17) is 37.6 Å². The van der Waals surface area contributed by atoms with E-state index in [1.54, 1.807) is 74.6 Å². The fourth-order valence-corrected chi connectivity index (χ4v) is 24.9. The van der Waals surface area contributed by atoms with E-state index in [1.807, 2.05) is 0 Å². The van der Waals surface area contributed by atoms with Crippen LogP contribution in [0.3, 0.4) is 0 Å². The SMILES string of the molecule is CC(=O)[C@@H](O)c1coc(-c2cncc([C@@]34CC[C@@H](c5cc(-c6c(F)cccc6F)nnc53)C4(C)C)n2)n1.CC(=O)[C@H](O)c1coc(-c2cncc([C@@]34CC[C@@H](c5cc(-c6c(F)cccc6F)nnc53)C4(C)C)n2)n1.CC(C)c1coc(-c2cncc([C@@]34CC[C@@H](c5cc(-c6c(F)cccc6F)nnc53)C4(C)C)n2)n1.C[C@H](NCC(C)(F)F)c1coc(-c2cncc([C@@]34CC[C@@H](c5cc(-c6c(F)cccc6F)nnc53)C4(C)C)n2)n1. The molecule has 0 spiro atoms. The molecule has 4 fully saturated rings. The first kappa shape index (κ1) is 99.8. The Morgan fingerprint density at radius 2 is 0.591 bits per heavy atom. The van der Waals surface area contributed by atoms with Gasteiger partial charge in [-0.2, -0.15) is 20.4 Å². The molecule has 12 aromatic heterocycles. The van der Waals surface area contributed by atoms with Crippen molar-refractivity contribution in [1.29, 1.82) is 0 Å². The molecule has 0 aliphatic heterocycles. The normalized spacial score (nSPS) is 22.1. The van der Waals surface area contributed by atoms with Crippen molar-refractivity contribution in [3.05, 3.63) is 309 Å². The standard InChI is InChI=1S/C29H28F4N6O.2C27H23F2N5O3.C27H25F2N5O/c1-15(35-14-28(4,32)33)22-13-40-26(37-22)21-11-34-12-23(36-21)29-9-8-17(27(29,2)3)16-10-20(38-39-25(16)29)24-18(30)6-5-7-19(24)31;2*1-13(35)23(36)20-12-37-25(32-20)19-10-30-11-21(31-19)27-8-7-15(26(27,2)3)14-9-18(33-34-24(14)27)22-16(28)5-4-6-17(22)29;1-14(2)21-13-35-25(32-21)20-11-30-12-22(31-20)27-9-8-16(26(27,3)4)15-10-19(33-34-24(15)27)23-17(28)6-5-7-18(23)29/h5-7,10-13,15,17,35H,8-9,14H2,1-4H3;2*4-6,9-12,15,23,36H,7-8H2,1-3H3;5-7,10-14,16H,8-9H2,1-4H3/t15-,17-,29-;15-,23+,27-;15-,23-,27-;16-,27-/m0000/s1. The number of hydrogen-bond donors (Lipinski definition) is 3. The molecule has 12 heterocycles. The lowest BCUT2D eigenvalue weighted by molar-refractivity contribution is -0.126. The van der Waals surface area contributed by atoms with E-state index < -0.39 is 110 Å². The minimum atomic E-state index is -2.85. The fourth-order valence-electron chi connectivity index (χ4n) is 24.9. The molecule has 16 aromatic rings. The van der Waals surface area contributed by atoms with Crippen molar-refractivity contribution < 1.29 is 81.4 Å². The first-order chi connectivity index (χ1) is 70.9. The van der Waals surface area contributed by atoms with Crippen molar-refractivity contribution in [1.82, 2.24) is 106 Å². The summed E-state index contributed by atoms with van der Waals surface area (Å²) in [6.45, 7) is 26.0. The summed E-state index contributed by atoms with van der Waals surface area (Å²) in [4.78, 5) is 77.9. The van der Waals surface area contributed by atoms with Gasteiger partial charge in [0.2, 0.25) is 23.6 Å². The van der Waals surface area contributed by atoms with Crippen molar-refractivity contribution in [3.8, 4) is 91.4 Å². The molecule has 8 aliphatic rings. The quantitative estimate of drug-likeness (QED) is 0.0562. The number of rotatable bonds is 21. The van der Waals surface area contributed by atoms with Gasteiger partial charge < -0.3 is 33.2 Å². The predicted molar refractivity (Wildman–Crippen MR) is 518 cm³/mol. The zero-order valence-corrected chi connectivity index (χ0v) is 83.2. The topological polar surface area (TPSA) is 397 Å². The first-order valence-corrected chi connectivity index (χ1v) is 48.9. The molecule has 39 heteroatoms. The highest BCUT2D eigenvalue weighted by Crippen LogP contribution is 2.74. The van der Waals surface area contributed by atoms with Crippen LogP contribution in [-0.4, -0.2) is 135 Å². The number of carbonyl (C=O) groups is 2. The van der Waals surface area contributed by atoms with Gasteiger partial charge in [0.05, 0.1) is 161 Å². The Bertz CT molecular complexity index is 7740. The van der Waals surface area contributed by atoms with E-state index in [-0.39, 0.29) is 125 Å². The van der Waals surface area contributed by atoms with Gasteiger partial charge in [0, 0.05) is 31.7 Å². The Morgan fingerprint density at radius 3 is 0.826 bits per heavy atom. The van der Waals surface area contributed by atoms with Gasteiger partial charge in [0.15, 0.2) is 23.8 Å². The van der Waals surface area contributed by atoms with E-state index in [0.717, 1.165) is 115 Å². The third-order valence-corrected chi connectivity index (χ3v) is 32.7. The van der Waals surface area contributed by atoms with Gasteiger partial charge in [-0.1, -0.05) is 93.5 Å². The second-order valence-electron chi connectivity index (χ2n) is 42.2. The largest absolute Gasteiger partial charge is 0.443 e. The van der Waals surface area contributed by atoms with Crippen LogP contribution >= 0.6 is 0 Å². The van der Waals surface area contributed by atoms with Gasteiger partial charge in [0.1, 0.15) is 106 Å². The maximum Gasteiger partial charge on any atom is 0.257 e. The van der Waals surface area contributed by atoms with Crippen LogP contribution in [0.2, 0.25) is 0 Å². The lowest BCUT2D eigenvalue weighted by Gasteiger charge is -2.37. The summed E-state index contributed by atoms with van der Waals surface area (Å²) >= 11 is 0. The van der Waals surface area contributed by atoms with Crippen LogP contribution in [0.1, 0.15) is 287 Å². The summed E-state index contributed by atoms with van der Waals surface area (Å²) in [6.07, 6.45) is 22.3. The van der Waals surface area contributed by atoms with Crippen molar-refractivity contribution >= 4 is 11.6 Å². The van der Waals surface area contributed by atoms with Gasteiger partial charge in [-0.25, -0.2) is 83.8 Å². The number of aliphatic hydroxyl groups is 2. The average molecular weight is 2030 g/mol. The number of alkyl halides is 2. The van der Waals surface area contributed by atoms with Crippen LogP contribution in [0, 0.1) is 68.2 Å². The van der Waals surface area contributed by atoms with Crippen LogP contribution in [0.15, 0.2) is 189 Å². The molecule has 0 amide bonds. The van der Waals surface area contributed by atoms with Gasteiger partial charge in [-0.05, 0) is 218 Å². The summed E-state index contributed by atoms with van der Waals surface area (Å²) in [7, 11) is 0. The molecule has 4 aromatic carbocycles. The van der Waals surface area contributed by atoms with Gasteiger partial charge >= 0.3 is 0 Å². The molecule has 8 bridgehead atoms. The smallest absolute Gasteiger partial charge is 0.257 e. The Balaban J connectivity index is 0.000000116. The van der Waals surface area contributed by atoms with Crippen LogP contribution < -0.4 is 5.32 Å². The summed E-state index contributed by atoms with van der Waals surface area (Å²) in [5.74, 6) is -7.66. The molecule has 149 heavy (non-hydrogen) atoms. The Kier molecular flexibility index (Phi) is 24.6. The number of oxazole rings is 4. The maximum absolute atomic E-state index is 14.5. The van der Waals surface area contributed by atoms with Gasteiger partial charge in [0.25, 0.3) is 5.92 Å². The number of benzene rings is 4. The van der Waals surface area contributed by atoms with E-state index in [0.29, 0.717) is 51.4 Å². The molecule has 0 unspecified atom stereocenters. The summed E-state index contributed by atoms with van der Waals surface area (Å²) in [5, 5.41) is 58.0. The number of halogens is 10. The zero-order valence-electron chi connectivity index (χ0n) is 83.2. The van der Waals surface area contributed by atoms with Gasteiger partial charge in [-0.15, -0.1) is 20.4 Å². The Hall–Kier alpha value is -15.1. The molecule has 3 N–H and O–H groups in total. The number of aliphatic hydroxyl groups excluding tert-OH is 2. The minimum absolute atomic E-state index is 0.0778. The first-order valence-electron chi connectivity index (χ1n) is 48.9. The number of Topliss-reactive ketones (excluding diaryl/α,β-unsaturated/α-hetero) is 2. The van der Waals surface area contributed by atoms with Gasteiger partial charge in [-0.3, -0.25) is 29.5 Å². The number of nitrogens with zero attached hydrogens (tertiary/aromatic N) is 20. The molecule has 4 saturated carbocycles. The monoisotopic (exact) mass is 2030 g/mol. The van der Waals surface area contributed by atoms with E-state index in [2.05, 4.69) is 155 Å². The number of ketones is 2. The maximum atomic E-state index is 14.5. The van der Waals surface area contributed by atoms with Crippen molar-refractivity contribution in [2.75, 3.05) is 6.54 Å². The fraction of sp³-hybridized carbons (Fsp3) is 0.364. The lowest BCUT2D eigenvalue weighted by Crippen LogP contribution is -2.38. The highest BCUT2D eigenvalue weighted by Gasteiger charge is 2.70. The second-order valence-corrected chi connectivity index (χ2v) is 42.2. The van der Waals surface area contributed by atoms with Crippen molar-refractivity contribution in [2.24, 2.45) is 21.7 Å². The highest BCUT2D eigenvalue weighted by atomic mass is 19.3. The zero-order chi connectivity index (χ0) is 105. The molecule has 8 aliphatic carbocycles. The molecular weight excluding hydrogens is 1930 g/mol. The number of nitrogens with one attached hydrogen (secondary N) is 1. The van der Waals surface area contributed by atoms with Crippen LogP contribution in [0.25, 0.3) is 91.4 Å². The molecule has 0 radical (unpaired) electrons. The lowest BCUT2D eigenvalue weighted by atomic mass is 9.66. The summed E-state index contributed by atoms with van der Waals surface area (Å²) in [5.41, 5.74) is 8.86. The van der Waals surface area contributed by atoms with Crippen LogP contribution in [0.4, 0.5) is 43.9 Å². The minimum Gasteiger partial charge on any atom is -0.443 e. The third kappa shape index (κ3) is 15.9. The second kappa shape index (κ2) is 36.7. The van der Waals surface area contributed by atoms with Crippen molar-refractivity contribution in [2.45, 2.75) is 224 Å². The van der Waals surface area contributed by atoms with E-state index in [1.165, 1.54) is 118 Å². The summed E-state index contributed by atoms with van der Waals surface area (Å²) in [6, 6.07) is 21.6. The highest BCUT2D eigenvalue weighted by molar-refractivity contribution is 5.82. The van der Waals surface area contributed by atoms with E-state index >= 15 is 0 Å². The predicted octanol–water partition coefficient (Wildman–Crippen LogP) is 22.0. The number of aromatic nitrogens is 20. The number of carbonyl (C=O) groups excluding carboxylic acids is 2. The molecule has 11 atom stereocenters. The third-order valence-electron chi connectivity index (χ3n) is 32.7. The summed E-state index contributed by atoms with van der Waals surface area (Å²) < 4.78 is 165. The van der Waals surface area contributed by atoms with Crippen molar-refractivity contribution in [3.63, 3.8) is 0 Å². The molecule has 762 valence electrons. The average Bonchev–Trinajstić information content (AvgIpc) is 1.53.